The van der Waals surface area contributed by atoms with Crippen LogP contribution < -0.4 is 0 Å². The van der Waals surface area contributed by atoms with Gasteiger partial charge in [-0.3, -0.25) is 4.79 Å². The molecular formula is C20H15BrF6O2. The van der Waals surface area contributed by atoms with Crippen LogP contribution in [0.5, 0.6) is 0 Å². The summed E-state index contributed by atoms with van der Waals surface area (Å²) in [6.07, 6.45) is -10.2. The Morgan fingerprint density at radius 2 is 1.69 bits per heavy atom. The van der Waals surface area contributed by atoms with Gasteiger partial charge in [0.05, 0.1) is 12.0 Å². The number of hydrogen-bond donors (Lipinski definition) is 1. The lowest BCUT2D eigenvalue weighted by Crippen LogP contribution is -2.44. The quantitative estimate of drug-likeness (QED) is 0.325. The first-order valence-corrected chi connectivity index (χ1v) is 9.51. The number of alkyl halides is 7. The summed E-state index contributed by atoms with van der Waals surface area (Å²) < 4.78 is 79.7. The molecule has 0 radical (unpaired) electrons. The monoisotopic (exact) mass is 480 g/mol. The molecular weight excluding hydrogens is 466 g/mol. The van der Waals surface area contributed by atoms with Gasteiger partial charge in [-0.05, 0) is 47.7 Å². The molecule has 0 spiro atoms. The van der Waals surface area contributed by atoms with Crippen LogP contribution in [-0.2, 0) is 18.2 Å². The van der Waals surface area contributed by atoms with E-state index >= 15 is 0 Å². The van der Waals surface area contributed by atoms with Crippen molar-refractivity contribution in [3.05, 3.63) is 70.3 Å². The maximum absolute atomic E-state index is 13.7. The van der Waals surface area contributed by atoms with Crippen LogP contribution in [0, 0.1) is 0 Å². The van der Waals surface area contributed by atoms with E-state index in [9.17, 15) is 36.2 Å². The minimum Gasteiger partial charge on any atom is -0.376 e. The fourth-order valence-corrected chi connectivity index (χ4v) is 4.07. The number of ketones is 1. The SMILES string of the molecule is O=C(C[C@@](O)(c1cccc(C(F)(F)F)c1)C(F)(F)F)c1ccc2c(c1)CCC2Br. The molecule has 156 valence electrons. The molecule has 29 heavy (non-hydrogen) atoms. The van der Waals surface area contributed by atoms with Crippen molar-refractivity contribution in [2.24, 2.45) is 0 Å². The fourth-order valence-electron chi connectivity index (χ4n) is 3.39. The van der Waals surface area contributed by atoms with E-state index in [4.69, 9.17) is 0 Å². The third-order valence-electron chi connectivity index (χ3n) is 5.02. The van der Waals surface area contributed by atoms with Gasteiger partial charge in [-0.15, -0.1) is 0 Å². The van der Waals surface area contributed by atoms with E-state index < -0.39 is 41.3 Å². The number of rotatable bonds is 4. The molecule has 0 aliphatic heterocycles. The molecule has 0 amide bonds. The van der Waals surface area contributed by atoms with Gasteiger partial charge in [0, 0.05) is 10.4 Å². The van der Waals surface area contributed by atoms with Gasteiger partial charge in [-0.1, -0.05) is 40.2 Å². The molecule has 0 heterocycles. The van der Waals surface area contributed by atoms with Crippen molar-refractivity contribution in [2.75, 3.05) is 0 Å². The standard InChI is InChI=1S/C20H15BrF6O2/c21-16-7-5-11-8-12(4-6-15(11)16)17(28)10-18(29,20(25,26)27)13-2-1-3-14(9-13)19(22,23)24/h1-4,6,8-9,16,29H,5,7,10H2/t16?,18-/m1/s1. The molecule has 1 unspecified atom stereocenters. The summed E-state index contributed by atoms with van der Waals surface area (Å²) in [7, 11) is 0. The van der Waals surface area contributed by atoms with Crippen LogP contribution in [0.1, 0.15) is 50.3 Å². The zero-order valence-electron chi connectivity index (χ0n) is 14.7. The van der Waals surface area contributed by atoms with Crippen LogP contribution in [0.25, 0.3) is 0 Å². The van der Waals surface area contributed by atoms with Gasteiger partial charge >= 0.3 is 12.4 Å². The number of aliphatic hydroxyl groups is 1. The lowest BCUT2D eigenvalue weighted by atomic mass is 9.85. The third kappa shape index (κ3) is 4.21. The van der Waals surface area contributed by atoms with Crippen LogP contribution in [0.4, 0.5) is 26.3 Å². The van der Waals surface area contributed by atoms with Crippen LogP contribution >= 0.6 is 15.9 Å². The number of Topliss-reactive ketones (excluding diaryl/α,β-unsaturated/α-hetero) is 1. The average molecular weight is 481 g/mol. The zero-order valence-corrected chi connectivity index (χ0v) is 16.3. The van der Waals surface area contributed by atoms with Crippen LogP contribution in [0.15, 0.2) is 42.5 Å². The number of halogens is 7. The van der Waals surface area contributed by atoms with E-state index in [0.29, 0.717) is 12.5 Å². The average Bonchev–Trinajstić information content (AvgIpc) is 3.00. The molecule has 1 aliphatic carbocycles. The molecule has 1 aliphatic rings. The Kier molecular flexibility index (Phi) is 5.59. The predicted molar refractivity (Wildman–Crippen MR) is 96.8 cm³/mol. The third-order valence-corrected chi connectivity index (χ3v) is 5.97. The van der Waals surface area contributed by atoms with Gasteiger partial charge in [-0.25, -0.2) is 0 Å². The Morgan fingerprint density at radius 1 is 1.03 bits per heavy atom. The summed E-state index contributed by atoms with van der Waals surface area (Å²) >= 11 is 3.46. The van der Waals surface area contributed by atoms with Gasteiger partial charge in [-0.2, -0.15) is 26.3 Å². The normalized spacial score (nSPS) is 19.0. The highest BCUT2D eigenvalue weighted by Crippen LogP contribution is 2.44. The van der Waals surface area contributed by atoms with E-state index in [2.05, 4.69) is 15.9 Å². The molecule has 0 saturated heterocycles. The van der Waals surface area contributed by atoms with E-state index in [0.717, 1.165) is 29.7 Å². The number of aryl methyl sites for hydroxylation is 1. The summed E-state index contributed by atoms with van der Waals surface area (Å²) in [6, 6.07) is 6.79. The van der Waals surface area contributed by atoms with Crippen molar-refractivity contribution in [2.45, 2.75) is 42.0 Å². The van der Waals surface area contributed by atoms with Gasteiger partial charge in [0.25, 0.3) is 0 Å². The molecule has 2 nitrogen and oxygen atoms in total. The smallest absolute Gasteiger partial charge is 0.376 e. The summed E-state index contributed by atoms with van der Waals surface area (Å²) in [4.78, 5) is 12.6. The van der Waals surface area contributed by atoms with Crippen molar-refractivity contribution in [1.29, 1.82) is 0 Å². The fraction of sp³-hybridized carbons (Fsp3) is 0.350. The second kappa shape index (κ2) is 7.43. The van der Waals surface area contributed by atoms with E-state index in [1.807, 2.05) is 0 Å². The molecule has 0 saturated carbocycles. The van der Waals surface area contributed by atoms with Crippen LogP contribution in [0.2, 0.25) is 0 Å². The second-order valence-corrected chi connectivity index (χ2v) is 8.06. The minimum absolute atomic E-state index is 0.0278. The lowest BCUT2D eigenvalue weighted by Gasteiger charge is -2.31. The molecule has 0 bridgehead atoms. The second-order valence-electron chi connectivity index (χ2n) is 6.96. The van der Waals surface area contributed by atoms with E-state index in [-0.39, 0.29) is 16.5 Å². The molecule has 1 N–H and O–H groups in total. The van der Waals surface area contributed by atoms with Crippen molar-refractivity contribution in [1.82, 2.24) is 0 Å². The minimum atomic E-state index is -5.36. The summed E-state index contributed by atoms with van der Waals surface area (Å²) in [5, 5.41) is 10.4. The van der Waals surface area contributed by atoms with Gasteiger partial charge in [0.1, 0.15) is 0 Å². The lowest BCUT2D eigenvalue weighted by molar-refractivity contribution is -0.265. The number of benzene rings is 2. The summed E-state index contributed by atoms with van der Waals surface area (Å²) in [5.74, 6) is -1.01. The highest BCUT2D eigenvalue weighted by molar-refractivity contribution is 9.09. The molecule has 0 aromatic heterocycles. The Hall–Kier alpha value is -1.87. The topological polar surface area (TPSA) is 37.3 Å². The predicted octanol–water partition coefficient (Wildman–Crippen LogP) is 6.11. The Bertz CT molecular complexity index is 937. The van der Waals surface area contributed by atoms with Crippen molar-refractivity contribution in [3.8, 4) is 0 Å². The van der Waals surface area contributed by atoms with Crippen LogP contribution in [0.3, 0.4) is 0 Å². The first-order valence-electron chi connectivity index (χ1n) is 8.60. The molecule has 2 aromatic rings. The van der Waals surface area contributed by atoms with Crippen LogP contribution in [-0.4, -0.2) is 17.1 Å². The van der Waals surface area contributed by atoms with Crippen molar-refractivity contribution >= 4 is 21.7 Å². The largest absolute Gasteiger partial charge is 0.421 e. The number of carbonyl (C=O) groups is 1. The Labute approximate surface area is 170 Å². The molecule has 2 aromatic carbocycles. The number of fused-ring (bicyclic) bond motifs is 1. The summed E-state index contributed by atoms with van der Waals surface area (Å²) in [5.41, 5.74) is -4.40. The van der Waals surface area contributed by atoms with Gasteiger partial charge in [0.2, 0.25) is 0 Å². The van der Waals surface area contributed by atoms with Crippen molar-refractivity contribution in [3.63, 3.8) is 0 Å². The van der Waals surface area contributed by atoms with E-state index in [1.54, 1.807) is 6.07 Å². The number of hydrogen-bond acceptors (Lipinski definition) is 2. The molecule has 0 fully saturated rings. The molecule has 2 atom stereocenters. The zero-order chi connectivity index (χ0) is 21.6. The van der Waals surface area contributed by atoms with Gasteiger partial charge in [0.15, 0.2) is 11.4 Å². The maximum Gasteiger partial charge on any atom is 0.421 e. The van der Waals surface area contributed by atoms with E-state index in [1.165, 1.54) is 12.1 Å². The first-order chi connectivity index (χ1) is 13.3. The summed E-state index contributed by atoms with van der Waals surface area (Å²) in [6.45, 7) is 0. The maximum atomic E-state index is 13.7. The highest BCUT2D eigenvalue weighted by atomic mass is 79.9. The Morgan fingerprint density at radius 3 is 2.31 bits per heavy atom. The van der Waals surface area contributed by atoms with Gasteiger partial charge < -0.3 is 5.11 Å². The van der Waals surface area contributed by atoms with Crippen molar-refractivity contribution < 1.29 is 36.2 Å². The molecule has 3 rings (SSSR count). The first kappa shape index (κ1) is 21.8. The molecule has 9 heteroatoms. The highest BCUT2D eigenvalue weighted by Gasteiger charge is 2.56. The number of carbonyl (C=O) groups excluding carboxylic acids is 1. The Balaban J connectivity index is 1.97.